The monoisotopic (exact) mass is 411 g/mol. The third-order valence-corrected chi connectivity index (χ3v) is 5.50. The summed E-state index contributed by atoms with van der Waals surface area (Å²) in [5.41, 5.74) is 7.69. The van der Waals surface area contributed by atoms with Gasteiger partial charge in [-0.2, -0.15) is 0 Å². The summed E-state index contributed by atoms with van der Waals surface area (Å²) >= 11 is 0. The van der Waals surface area contributed by atoms with Gasteiger partial charge in [-0.15, -0.1) is 0 Å². The summed E-state index contributed by atoms with van der Waals surface area (Å²) < 4.78 is 25.1. The van der Waals surface area contributed by atoms with Crippen LogP contribution in [0.1, 0.15) is 34.8 Å². The maximum atomic E-state index is 13.4. The lowest BCUT2D eigenvalue weighted by atomic mass is 9.99. The van der Waals surface area contributed by atoms with Crippen molar-refractivity contribution in [1.29, 1.82) is 0 Å². The van der Waals surface area contributed by atoms with Crippen LogP contribution >= 0.6 is 0 Å². The van der Waals surface area contributed by atoms with Crippen molar-refractivity contribution < 1.29 is 23.1 Å². The number of furan rings is 1. The quantitative estimate of drug-likeness (QED) is 0.682. The number of carbonyl (C=O) groups is 2. The van der Waals surface area contributed by atoms with Gasteiger partial charge < -0.3 is 25.1 Å². The fraction of sp³-hybridized carbons (Fsp3) is 0.273. The van der Waals surface area contributed by atoms with Gasteiger partial charge in [0, 0.05) is 30.1 Å². The summed E-state index contributed by atoms with van der Waals surface area (Å²) in [6.45, 7) is 0.573. The van der Waals surface area contributed by atoms with Crippen molar-refractivity contribution in [1.82, 2.24) is 10.2 Å². The molecular formula is C22H22FN3O4. The molecule has 3 amide bonds. The number of halogens is 1. The second-order valence-corrected chi connectivity index (χ2v) is 7.17. The summed E-state index contributed by atoms with van der Waals surface area (Å²) in [4.78, 5) is 26.1. The lowest BCUT2D eigenvalue weighted by Gasteiger charge is -2.24. The van der Waals surface area contributed by atoms with Gasteiger partial charge in [-0.25, -0.2) is 9.18 Å². The minimum atomic E-state index is -0.489. The van der Waals surface area contributed by atoms with Crippen LogP contribution in [-0.4, -0.2) is 37.5 Å². The Morgan fingerprint density at radius 1 is 1.27 bits per heavy atom. The van der Waals surface area contributed by atoms with E-state index in [0.29, 0.717) is 40.2 Å². The molecule has 0 aliphatic carbocycles. The third-order valence-electron chi connectivity index (χ3n) is 5.50. The number of carbonyl (C=O) groups excluding carboxylic acids is 2. The molecule has 1 saturated heterocycles. The van der Waals surface area contributed by atoms with Gasteiger partial charge in [0.1, 0.15) is 22.9 Å². The van der Waals surface area contributed by atoms with E-state index >= 15 is 0 Å². The second-order valence-electron chi connectivity index (χ2n) is 7.17. The summed E-state index contributed by atoms with van der Waals surface area (Å²) in [7, 11) is 3.07. The number of methoxy groups -OCH3 is 1. The van der Waals surface area contributed by atoms with E-state index in [9.17, 15) is 14.0 Å². The molecule has 1 aromatic heterocycles. The Hall–Kier alpha value is -3.55. The summed E-state index contributed by atoms with van der Waals surface area (Å²) in [5.74, 6) is 0.162. The predicted molar refractivity (Wildman–Crippen MR) is 110 cm³/mol. The average Bonchev–Trinajstić information content (AvgIpc) is 3.37. The highest BCUT2D eigenvalue weighted by atomic mass is 19.1. The third kappa shape index (κ3) is 3.24. The molecular weight excluding hydrogens is 389 g/mol. The van der Waals surface area contributed by atoms with Crippen LogP contribution in [0.15, 0.2) is 40.8 Å². The van der Waals surface area contributed by atoms with Crippen molar-refractivity contribution in [2.24, 2.45) is 5.73 Å². The first-order valence-corrected chi connectivity index (χ1v) is 9.63. The van der Waals surface area contributed by atoms with E-state index in [2.05, 4.69) is 5.32 Å². The van der Waals surface area contributed by atoms with E-state index < -0.39 is 6.03 Å². The molecule has 1 atom stereocenters. The maximum Gasteiger partial charge on any atom is 0.315 e. The topological polar surface area (TPSA) is 97.8 Å². The molecule has 0 radical (unpaired) electrons. The van der Waals surface area contributed by atoms with Crippen LogP contribution in [0.5, 0.6) is 5.75 Å². The number of likely N-dealkylation sites (tertiary alicyclic amines) is 1. The van der Waals surface area contributed by atoms with Crippen LogP contribution in [-0.2, 0) is 0 Å². The molecule has 156 valence electrons. The summed E-state index contributed by atoms with van der Waals surface area (Å²) in [6.07, 6.45) is 1.58. The Bertz CT molecular complexity index is 1120. The molecule has 2 aromatic carbocycles. The number of ether oxygens (including phenoxy) is 1. The number of benzene rings is 2. The lowest BCUT2D eigenvalue weighted by Crippen LogP contribution is -2.35. The highest BCUT2D eigenvalue weighted by Crippen LogP contribution is 2.42. The molecule has 2 heterocycles. The van der Waals surface area contributed by atoms with Gasteiger partial charge in [0.25, 0.3) is 5.91 Å². The van der Waals surface area contributed by atoms with Crippen LogP contribution in [0.3, 0.4) is 0 Å². The zero-order chi connectivity index (χ0) is 21.4. The normalized spacial score (nSPS) is 16.1. The Labute approximate surface area is 172 Å². The van der Waals surface area contributed by atoms with Gasteiger partial charge >= 0.3 is 6.03 Å². The SMILES string of the molecule is CNC(=O)c1c(-c2ccc(F)cc2)oc2cc(C3CCCN3C(N)=O)c(OC)cc12. The van der Waals surface area contributed by atoms with Crippen molar-refractivity contribution in [3.8, 4) is 17.1 Å². The van der Waals surface area contributed by atoms with E-state index in [1.54, 1.807) is 29.2 Å². The summed E-state index contributed by atoms with van der Waals surface area (Å²) in [6, 6.07) is 8.55. The predicted octanol–water partition coefficient (Wildman–Crippen LogP) is 3.82. The van der Waals surface area contributed by atoms with E-state index in [-0.39, 0.29) is 17.8 Å². The first-order chi connectivity index (χ1) is 14.4. The zero-order valence-electron chi connectivity index (χ0n) is 16.7. The first-order valence-electron chi connectivity index (χ1n) is 9.63. The van der Waals surface area contributed by atoms with Gasteiger partial charge in [-0.1, -0.05) is 0 Å². The number of rotatable bonds is 4. The first kappa shape index (κ1) is 19.8. The van der Waals surface area contributed by atoms with Gasteiger partial charge in [-0.05, 0) is 49.2 Å². The Morgan fingerprint density at radius 2 is 2.00 bits per heavy atom. The summed E-state index contributed by atoms with van der Waals surface area (Å²) in [5, 5.41) is 3.19. The number of nitrogens with one attached hydrogen (secondary N) is 1. The molecule has 8 heteroatoms. The number of amides is 3. The van der Waals surface area contributed by atoms with Crippen LogP contribution in [0.25, 0.3) is 22.3 Å². The molecule has 0 saturated carbocycles. The van der Waals surface area contributed by atoms with Crippen molar-refractivity contribution in [2.75, 3.05) is 20.7 Å². The molecule has 3 N–H and O–H groups in total. The molecule has 7 nitrogen and oxygen atoms in total. The molecule has 1 aliphatic heterocycles. The highest BCUT2D eigenvalue weighted by molar-refractivity contribution is 6.11. The average molecular weight is 411 g/mol. The minimum Gasteiger partial charge on any atom is -0.496 e. The van der Waals surface area contributed by atoms with Gasteiger partial charge in [-0.3, -0.25) is 4.79 Å². The highest BCUT2D eigenvalue weighted by Gasteiger charge is 2.32. The largest absolute Gasteiger partial charge is 0.496 e. The van der Waals surface area contributed by atoms with Gasteiger partial charge in [0.2, 0.25) is 0 Å². The van der Waals surface area contributed by atoms with E-state index in [1.165, 1.54) is 26.3 Å². The fourth-order valence-corrected chi connectivity index (χ4v) is 4.08. The number of hydrogen-bond donors (Lipinski definition) is 2. The molecule has 3 aromatic rings. The molecule has 1 fully saturated rings. The minimum absolute atomic E-state index is 0.232. The number of fused-ring (bicyclic) bond motifs is 1. The van der Waals surface area contributed by atoms with Crippen LogP contribution < -0.4 is 15.8 Å². The Kier molecular flexibility index (Phi) is 5.07. The second kappa shape index (κ2) is 7.70. The van der Waals surface area contributed by atoms with Crippen molar-refractivity contribution in [3.05, 3.63) is 53.3 Å². The smallest absolute Gasteiger partial charge is 0.315 e. The van der Waals surface area contributed by atoms with Crippen LogP contribution in [0.4, 0.5) is 9.18 Å². The number of urea groups is 1. The molecule has 1 unspecified atom stereocenters. The molecule has 4 rings (SSSR count). The number of primary amides is 1. The Morgan fingerprint density at radius 3 is 2.63 bits per heavy atom. The number of nitrogens with zero attached hydrogens (tertiary/aromatic N) is 1. The standard InChI is InChI=1S/C22H22FN3O4/c1-25-21(27)19-15-11-17(29-2)14(16-4-3-9-26(16)22(24)28)10-18(15)30-20(19)12-5-7-13(23)8-6-12/h5-8,10-11,16H,3-4,9H2,1-2H3,(H2,24,28)(H,25,27). The lowest BCUT2D eigenvalue weighted by molar-refractivity contribution is 0.0964. The van der Waals surface area contributed by atoms with Crippen molar-refractivity contribution in [2.45, 2.75) is 18.9 Å². The van der Waals surface area contributed by atoms with Crippen LogP contribution in [0.2, 0.25) is 0 Å². The van der Waals surface area contributed by atoms with E-state index in [0.717, 1.165) is 18.4 Å². The van der Waals surface area contributed by atoms with E-state index in [1.807, 2.05) is 0 Å². The molecule has 0 bridgehead atoms. The fourth-order valence-electron chi connectivity index (χ4n) is 4.08. The number of nitrogens with two attached hydrogens (primary N) is 1. The molecule has 0 spiro atoms. The maximum absolute atomic E-state index is 13.4. The van der Waals surface area contributed by atoms with Crippen molar-refractivity contribution in [3.63, 3.8) is 0 Å². The van der Waals surface area contributed by atoms with Gasteiger partial charge in [0.15, 0.2) is 0 Å². The van der Waals surface area contributed by atoms with Gasteiger partial charge in [0.05, 0.1) is 18.7 Å². The molecule has 1 aliphatic rings. The number of hydrogen-bond acceptors (Lipinski definition) is 4. The van der Waals surface area contributed by atoms with Crippen LogP contribution in [0, 0.1) is 5.82 Å². The molecule has 30 heavy (non-hydrogen) atoms. The van der Waals surface area contributed by atoms with Crippen molar-refractivity contribution >= 4 is 22.9 Å². The zero-order valence-corrected chi connectivity index (χ0v) is 16.7. The van der Waals surface area contributed by atoms with E-state index in [4.69, 9.17) is 14.9 Å². The Balaban J connectivity index is 1.93.